The van der Waals surface area contributed by atoms with Crippen LogP contribution in [0.25, 0.3) is 0 Å². The summed E-state index contributed by atoms with van der Waals surface area (Å²) in [6, 6.07) is 6.39. The maximum atomic E-state index is 5.36. The van der Waals surface area contributed by atoms with E-state index < -0.39 is 0 Å². The molecule has 1 aliphatic heterocycles. The minimum atomic E-state index is 0.598. The fraction of sp³-hybridized carbons (Fsp3) is 0.625. The Bertz CT molecular complexity index is 403. The molecule has 0 spiro atoms. The van der Waals surface area contributed by atoms with E-state index in [-0.39, 0.29) is 0 Å². The fourth-order valence-corrected chi connectivity index (χ4v) is 2.59. The van der Waals surface area contributed by atoms with Gasteiger partial charge >= 0.3 is 0 Å². The number of benzene rings is 1. The Labute approximate surface area is 121 Å². The van der Waals surface area contributed by atoms with Crippen LogP contribution in [0.5, 0.6) is 5.75 Å². The second-order valence-corrected chi connectivity index (χ2v) is 5.14. The standard InChI is InChI=1S/C16H25NO3/c1-18-13-15-12-14(5-6-16(15)19-2)4-3-7-17-8-10-20-11-9-17/h5-6,12H,3-4,7-11,13H2,1-2H3. The highest BCUT2D eigenvalue weighted by atomic mass is 16.5. The SMILES string of the molecule is COCc1cc(CCCN2CCOCC2)ccc1OC. The molecule has 2 rings (SSSR count). The number of morpholine rings is 1. The minimum absolute atomic E-state index is 0.598. The first-order valence-corrected chi connectivity index (χ1v) is 7.28. The van der Waals surface area contributed by atoms with Crippen LogP contribution >= 0.6 is 0 Å². The normalized spacial score (nSPS) is 16.3. The van der Waals surface area contributed by atoms with Gasteiger partial charge in [0.25, 0.3) is 0 Å². The van der Waals surface area contributed by atoms with E-state index in [1.165, 1.54) is 12.0 Å². The molecule has 1 aliphatic rings. The van der Waals surface area contributed by atoms with Crippen molar-refractivity contribution in [2.45, 2.75) is 19.4 Å². The van der Waals surface area contributed by atoms with Gasteiger partial charge in [-0.05, 0) is 37.1 Å². The molecule has 1 aromatic carbocycles. The molecule has 0 atom stereocenters. The van der Waals surface area contributed by atoms with E-state index in [1.54, 1.807) is 14.2 Å². The molecule has 20 heavy (non-hydrogen) atoms. The average Bonchev–Trinajstić information content (AvgIpc) is 2.49. The smallest absolute Gasteiger partial charge is 0.124 e. The van der Waals surface area contributed by atoms with Gasteiger partial charge in [0.15, 0.2) is 0 Å². The number of ether oxygens (including phenoxy) is 3. The van der Waals surface area contributed by atoms with E-state index >= 15 is 0 Å². The van der Waals surface area contributed by atoms with E-state index in [0.29, 0.717) is 6.61 Å². The van der Waals surface area contributed by atoms with Crippen molar-refractivity contribution in [1.82, 2.24) is 4.90 Å². The highest BCUT2D eigenvalue weighted by molar-refractivity contribution is 5.37. The summed E-state index contributed by atoms with van der Waals surface area (Å²) >= 11 is 0. The van der Waals surface area contributed by atoms with Crippen molar-refractivity contribution < 1.29 is 14.2 Å². The second-order valence-electron chi connectivity index (χ2n) is 5.14. The Hall–Kier alpha value is -1.10. The summed E-state index contributed by atoms with van der Waals surface area (Å²) in [5.41, 5.74) is 2.48. The monoisotopic (exact) mass is 279 g/mol. The van der Waals surface area contributed by atoms with Gasteiger partial charge < -0.3 is 14.2 Å². The number of rotatable bonds is 7. The number of nitrogens with zero attached hydrogens (tertiary/aromatic N) is 1. The molecular weight excluding hydrogens is 254 g/mol. The molecule has 0 bridgehead atoms. The maximum absolute atomic E-state index is 5.36. The molecule has 112 valence electrons. The molecule has 0 aromatic heterocycles. The molecule has 1 fully saturated rings. The molecular formula is C16H25NO3. The van der Waals surface area contributed by atoms with E-state index in [2.05, 4.69) is 17.0 Å². The Morgan fingerprint density at radius 1 is 1.20 bits per heavy atom. The van der Waals surface area contributed by atoms with Crippen LogP contribution in [0.1, 0.15) is 17.5 Å². The molecule has 4 nitrogen and oxygen atoms in total. The van der Waals surface area contributed by atoms with Crippen molar-refractivity contribution in [3.05, 3.63) is 29.3 Å². The first-order chi connectivity index (χ1) is 9.83. The van der Waals surface area contributed by atoms with Crippen LogP contribution in [-0.2, 0) is 22.5 Å². The highest BCUT2D eigenvalue weighted by Crippen LogP contribution is 2.21. The Balaban J connectivity index is 1.84. The molecule has 0 unspecified atom stereocenters. The molecule has 0 saturated carbocycles. The molecule has 0 amide bonds. The first kappa shape index (κ1) is 15.3. The fourth-order valence-electron chi connectivity index (χ4n) is 2.59. The van der Waals surface area contributed by atoms with Gasteiger partial charge in [0.05, 0.1) is 26.9 Å². The van der Waals surface area contributed by atoms with E-state index in [4.69, 9.17) is 14.2 Å². The number of hydrogen-bond acceptors (Lipinski definition) is 4. The van der Waals surface area contributed by atoms with Gasteiger partial charge in [0, 0.05) is 25.8 Å². The van der Waals surface area contributed by atoms with Crippen LogP contribution in [0.15, 0.2) is 18.2 Å². The van der Waals surface area contributed by atoms with E-state index in [1.807, 2.05) is 6.07 Å². The molecule has 4 heteroatoms. The van der Waals surface area contributed by atoms with E-state index in [9.17, 15) is 0 Å². The van der Waals surface area contributed by atoms with Crippen LogP contribution in [0, 0.1) is 0 Å². The second kappa shape index (κ2) is 8.25. The summed E-state index contributed by atoms with van der Waals surface area (Å²) in [6.07, 6.45) is 2.27. The summed E-state index contributed by atoms with van der Waals surface area (Å²) in [5.74, 6) is 0.906. The lowest BCUT2D eigenvalue weighted by Gasteiger charge is -2.26. The molecule has 0 N–H and O–H groups in total. The topological polar surface area (TPSA) is 30.9 Å². The van der Waals surface area contributed by atoms with Crippen LogP contribution in [0.4, 0.5) is 0 Å². The van der Waals surface area contributed by atoms with Crippen LogP contribution in [-0.4, -0.2) is 52.0 Å². The zero-order valence-corrected chi connectivity index (χ0v) is 12.6. The number of hydrogen-bond donors (Lipinski definition) is 0. The molecule has 1 saturated heterocycles. The third-order valence-electron chi connectivity index (χ3n) is 3.69. The van der Waals surface area contributed by atoms with Crippen LogP contribution in [0.3, 0.4) is 0 Å². The summed E-state index contributed by atoms with van der Waals surface area (Å²) in [7, 11) is 3.41. The van der Waals surface area contributed by atoms with Gasteiger partial charge in [-0.15, -0.1) is 0 Å². The summed E-state index contributed by atoms with van der Waals surface area (Å²) in [4.78, 5) is 2.48. The lowest BCUT2D eigenvalue weighted by Crippen LogP contribution is -2.36. The average molecular weight is 279 g/mol. The van der Waals surface area contributed by atoms with Gasteiger partial charge in [-0.25, -0.2) is 0 Å². The lowest BCUT2D eigenvalue weighted by atomic mass is 10.1. The van der Waals surface area contributed by atoms with Crippen LogP contribution in [0.2, 0.25) is 0 Å². The predicted molar refractivity (Wildman–Crippen MR) is 79.3 cm³/mol. The summed E-state index contributed by atoms with van der Waals surface area (Å²) < 4.78 is 15.9. The molecule has 1 heterocycles. The zero-order chi connectivity index (χ0) is 14.2. The Kier molecular flexibility index (Phi) is 6.30. The van der Waals surface area contributed by atoms with Gasteiger partial charge in [-0.2, -0.15) is 0 Å². The first-order valence-electron chi connectivity index (χ1n) is 7.28. The van der Waals surface area contributed by atoms with Crippen molar-refractivity contribution in [3.8, 4) is 5.75 Å². The van der Waals surface area contributed by atoms with Gasteiger partial charge in [-0.3, -0.25) is 4.90 Å². The molecule has 1 aromatic rings. The van der Waals surface area contributed by atoms with Crippen molar-refractivity contribution in [1.29, 1.82) is 0 Å². The largest absolute Gasteiger partial charge is 0.496 e. The van der Waals surface area contributed by atoms with Gasteiger partial charge in [0.2, 0.25) is 0 Å². The highest BCUT2D eigenvalue weighted by Gasteiger charge is 2.10. The summed E-state index contributed by atoms with van der Waals surface area (Å²) in [5, 5.41) is 0. The van der Waals surface area contributed by atoms with Crippen LogP contribution < -0.4 is 4.74 Å². The van der Waals surface area contributed by atoms with Gasteiger partial charge in [0.1, 0.15) is 5.75 Å². The van der Waals surface area contributed by atoms with E-state index in [0.717, 1.165) is 50.6 Å². The third kappa shape index (κ3) is 4.47. The quantitative estimate of drug-likeness (QED) is 0.765. The van der Waals surface area contributed by atoms with Crippen molar-refractivity contribution >= 4 is 0 Å². The van der Waals surface area contributed by atoms with Gasteiger partial charge in [-0.1, -0.05) is 6.07 Å². The molecule has 0 radical (unpaired) electrons. The van der Waals surface area contributed by atoms with Crippen molar-refractivity contribution in [2.24, 2.45) is 0 Å². The number of methoxy groups -OCH3 is 2. The zero-order valence-electron chi connectivity index (χ0n) is 12.6. The Morgan fingerprint density at radius 3 is 2.70 bits per heavy atom. The maximum Gasteiger partial charge on any atom is 0.124 e. The summed E-state index contributed by atoms with van der Waals surface area (Å²) in [6.45, 7) is 5.63. The molecule has 0 aliphatic carbocycles. The third-order valence-corrected chi connectivity index (χ3v) is 3.69. The number of aryl methyl sites for hydroxylation is 1. The van der Waals surface area contributed by atoms with Crippen molar-refractivity contribution in [2.75, 3.05) is 47.1 Å². The van der Waals surface area contributed by atoms with Crippen molar-refractivity contribution in [3.63, 3.8) is 0 Å². The minimum Gasteiger partial charge on any atom is -0.496 e. The Morgan fingerprint density at radius 2 is 2.00 bits per heavy atom. The predicted octanol–water partition coefficient (Wildman–Crippen LogP) is 2.11. The lowest BCUT2D eigenvalue weighted by molar-refractivity contribution is 0.0374.